The minimum Gasteiger partial charge on any atom is -0.383 e. The van der Waals surface area contributed by atoms with Gasteiger partial charge in [0.25, 0.3) is 0 Å². The fourth-order valence-electron chi connectivity index (χ4n) is 1.75. The monoisotopic (exact) mass is 339 g/mol. The summed E-state index contributed by atoms with van der Waals surface area (Å²) in [5.41, 5.74) is 0.808. The van der Waals surface area contributed by atoms with Crippen molar-refractivity contribution in [2.45, 2.75) is 13.5 Å². The van der Waals surface area contributed by atoms with E-state index < -0.39 is 11.8 Å². The molecule has 0 unspecified atom stereocenters. The van der Waals surface area contributed by atoms with Gasteiger partial charge in [-0.05, 0) is 18.4 Å². The van der Waals surface area contributed by atoms with Crippen molar-refractivity contribution in [2.24, 2.45) is 0 Å². The van der Waals surface area contributed by atoms with Gasteiger partial charge in [0.15, 0.2) is 5.13 Å². The molecule has 6 nitrogen and oxygen atoms in total. The number of carbonyl (C=O) groups is 2. The number of nitrogens with zero attached hydrogens (tertiary/aromatic N) is 2. The average molecular weight is 339 g/mol. The number of hydrogen-bond acceptors (Lipinski definition) is 6. The molecule has 2 amide bonds. The van der Waals surface area contributed by atoms with Gasteiger partial charge < -0.3 is 9.64 Å². The lowest BCUT2D eigenvalue weighted by molar-refractivity contribution is -0.144. The predicted octanol–water partition coefficient (Wildman–Crippen LogP) is 2.13. The van der Waals surface area contributed by atoms with Gasteiger partial charge in [0.05, 0.1) is 18.8 Å². The van der Waals surface area contributed by atoms with Crippen LogP contribution in [0, 0.1) is 6.92 Å². The molecular formula is C14H17N3O3S2. The third-order valence-corrected chi connectivity index (χ3v) is 4.55. The highest BCUT2D eigenvalue weighted by Gasteiger charge is 2.23. The summed E-state index contributed by atoms with van der Waals surface area (Å²) in [5, 5.41) is 6.72. The summed E-state index contributed by atoms with van der Waals surface area (Å²) in [5.74, 6) is -1.26. The minimum atomic E-state index is -0.679. The molecule has 0 bridgehead atoms. The van der Waals surface area contributed by atoms with E-state index in [2.05, 4.69) is 10.3 Å². The summed E-state index contributed by atoms with van der Waals surface area (Å²) in [6, 6.07) is 3.84. The Kier molecular flexibility index (Phi) is 6.05. The standard InChI is InChI=1S/C14H17N3O3S2/c1-10-9-22-14(15-10)16-12(18)13(19)17(5-6-20-2)8-11-4-3-7-21-11/h3-4,7,9H,5-6,8H2,1-2H3,(H,15,16,18). The fourth-order valence-corrected chi connectivity index (χ4v) is 3.15. The molecule has 0 atom stereocenters. The van der Waals surface area contributed by atoms with Gasteiger partial charge in [0.2, 0.25) is 0 Å². The van der Waals surface area contributed by atoms with Crippen molar-refractivity contribution >= 4 is 39.6 Å². The SMILES string of the molecule is COCCN(Cc1cccs1)C(=O)C(=O)Nc1nc(C)cs1. The Morgan fingerprint density at radius 2 is 2.23 bits per heavy atom. The number of carbonyl (C=O) groups excluding carboxylic acids is 2. The zero-order valence-electron chi connectivity index (χ0n) is 12.4. The van der Waals surface area contributed by atoms with Gasteiger partial charge in [-0.2, -0.15) is 0 Å². The number of methoxy groups -OCH3 is 1. The maximum absolute atomic E-state index is 12.3. The summed E-state index contributed by atoms with van der Waals surface area (Å²) in [4.78, 5) is 31.0. The number of hydrogen-bond donors (Lipinski definition) is 1. The second kappa shape index (κ2) is 8.02. The van der Waals surface area contributed by atoms with Gasteiger partial charge in [0.1, 0.15) is 0 Å². The molecule has 8 heteroatoms. The fraction of sp³-hybridized carbons (Fsp3) is 0.357. The van der Waals surface area contributed by atoms with Crippen LogP contribution in [0.2, 0.25) is 0 Å². The molecule has 0 aliphatic rings. The third-order valence-electron chi connectivity index (χ3n) is 2.81. The molecule has 118 valence electrons. The van der Waals surface area contributed by atoms with E-state index in [-0.39, 0.29) is 0 Å². The Morgan fingerprint density at radius 3 is 2.82 bits per heavy atom. The van der Waals surface area contributed by atoms with E-state index in [1.165, 1.54) is 16.2 Å². The van der Waals surface area contributed by atoms with Crippen LogP contribution in [-0.4, -0.2) is 42.0 Å². The van der Waals surface area contributed by atoms with E-state index in [0.717, 1.165) is 10.6 Å². The molecule has 0 aliphatic carbocycles. The van der Waals surface area contributed by atoms with Crippen LogP contribution in [0.25, 0.3) is 0 Å². The normalized spacial score (nSPS) is 10.5. The summed E-state index contributed by atoms with van der Waals surface area (Å²) in [6.07, 6.45) is 0. The van der Waals surface area contributed by atoms with Crippen molar-refractivity contribution in [2.75, 3.05) is 25.6 Å². The molecule has 0 saturated heterocycles. The second-order valence-corrected chi connectivity index (χ2v) is 6.44. The summed E-state index contributed by atoms with van der Waals surface area (Å²) >= 11 is 2.84. The molecule has 0 aromatic carbocycles. The van der Waals surface area contributed by atoms with Crippen LogP contribution in [0.4, 0.5) is 5.13 Å². The van der Waals surface area contributed by atoms with Crippen LogP contribution < -0.4 is 5.32 Å². The highest BCUT2D eigenvalue weighted by Crippen LogP contribution is 2.15. The molecular weight excluding hydrogens is 322 g/mol. The first-order valence-corrected chi connectivity index (χ1v) is 8.39. The maximum Gasteiger partial charge on any atom is 0.315 e. The summed E-state index contributed by atoms with van der Waals surface area (Å²) in [6.45, 7) is 2.96. The lowest BCUT2D eigenvalue weighted by Crippen LogP contribution is -2.40. The Hall–Kier alpha value is -1.77. The van der Waals surface area contributed by atoms with Crippen LogP contribution in [-0.2, 0) is 20.9 Å². The summed E-state index contributed by atoms with van der Waals surface area (Å²) in [7, 11) is 1.56. The zero-order valence-corrected chi connectivity index (χ0v) is 14.0. The van der Waals surface area contributed by atoms with E-state index in [0.29, 0.717) is 24.8 Å². The zero-order chi connectivity index (χ0) is 15.9. The lowest BCUT2D eigenvalue weighted by Gasteiger charge is -2.20. The quantitative estimate of drug-likeness (QED) is 0.819. The van der Waals surface area contributed by atoms with Gasteiger partial charge in [-0.15, -0.1) is 22.7 Å². The van der Waals surface area contributed by atoms with Gasteiger partial charge >= 0.3 is 11.8 Å². The molecule has 0 aliphatic heterocycles. The Bertz CT molecular complexity index is 625. The number of anilines is 1. The van der Waals surface area contributed by atoms with Crippen LogP contribution in [0.1, 0.15) is 10.6 Å². The van der Waals surface area contributed by atoms with Crippen LogP contribution in [0.5, 0.6) is 0 Å². The number of rotatable bonds is 6. The maximum atomic E-state index is 12.3. The van der Waals surface area contributed by atoms with Crippen molar-refractivity contribution in [3.63, 3.8) is 0 Å². The molecule has 0 spiro atoms. The number of thiophene rings is 1. The number of nitrogens with one attached hydrogen (secondary N) is 1. The smallest absolute Gasteiger partial charge is 0.315 e. The molecule has 0 radical (unpaired) electrons. The highest BCUT2D eigenvalue weighted by molar-refractivity contribution is 7.14. The van der Waals surface area contributed by atoms with Crippen molar-refractivity contribution in [3.05, 3.63) is 33.5 Å². The second-order valence-electron chi connectivity index (χ2n) is 4.55. The molecule has 2 aromatic heterocycles. The minimum absolute atomic E-state index is 0.359. The average Bonchev–Trinajstić information content (AvgIpc) is 3.14. The Balaban J connectivity index is 2.01. The molecule has 0 fully saturated rings. The third kappa shape index (κ3) is 4.62. The predicted molar refractivity (Wildman–Crippen MR) is 87.1 cm³/mol. The number of amides is 2. The number of ether oxygens (including phenoxy) is 1. The van der Waals surface area contributed by atoms with E-state index >= 15 is 0 Å². The van der Waals surface area contributed by atoms with Crippen LogP contribution in [0.3, 0.4) is 0 Å². The Labute approximate surface area is 136 Å². The van der Waals surface area contributed by atoms with E-state index in [1.54, 1.807) is 18.4 Å². The molecule has 22 heavy (non-hydrogen) atoms. The Morgan fingerprint density at radius 1 is 1.41 bits per heavy atom. The van der Waals surface area contributed by atoms with Crippen molar-refractivity contribution in [1.82, 2.24) is 9.88 Å². The van der Waals surface area contributed by atoms with Gasteiger partial charge in [0, 0.05) is 23.9 Å². The van der Waals surface area contributed by atoms with Crippen molar-refractivity contribution < 1.29 is 14.3 Å². The first kappa shape index (κ1) is 16.6. The van der Waals surface area contributed by atoms with Gasteiger partial charge in [-0.3, -0.25) is 14.9 Å². The topological polar surface area (TPSA) is 71.5 Å². The molecule has 2 aromatic rings. The van der Waals surface area contributed by atoms with Gasteiger partial charge in [-0.25, -0.2) is 4.98 Å². The largest absolute Gasteiger partial charge is 0.383 e. The first-order chi connectivity index (χ1) is 10.6. The van der Waals surface area contributed by atoms with E-state index in [1.807, 2.05) is 29.8 Å². The molecule has 2 heterocycles. The number of aromatic nitrogens is 1. The van der Waals surface area contributed by atoms with E-state index in [4.69, 9.17) is 4.74 Å². The number of thiazole rings is 1. The highest BCUT2D eigenvalue weighted by atomic mass is 32.1. The van der Waals surface area contributed by atoms with Crippen LogP contribution >= 0.6 is 22.7 Å². The molecule has 0 saturated carbocycles. The lowest BCUT2D eigenvalue weighted by atomic mass is 10.3. The van der Waals surface area contributed by atoms with Crippen molar-refractivity contribution in [1.29, 1.82) is 0 Å². The van der Waals surface area contributed by atoms with Crippen LogP contribution in [0.15, 0.2) is 22.9 Å². The molecule has 2 rings (SSSR count). The number of aryl methyl sites for hydroxylation is 1. The molecule has 1 N–H and O–H groups in total. The van der Waals surface area contributed by atoms with E-state index in [9.17, 15) is 9.59 Å². The summed E-state index contributed by atoms with van der Waals surface area (Å²) < 4.78 is 5.01. The first-order valence-electron chi connectivity index (χ1n) is 6.64. The van der Waals surface area contributed by atoms with Gasteiger partial charge in [-0.1, -0.05) is 6.07 Å². The van der Waals surface area contributed by atoms with Crippen molar-refractivity contribution in [3.8, 4) is 0 Å².